The number of carbonyl (C=O) groups excluding carboxylic acids is 1. The third-order valence-electron chi connectivity index (χ3n) is 3.74. The van der Waals surface area contributed by atoms with E-state index in [0.29, 0.717) is 6.42 Å². The maximum Gasteiger partial charge on any atom is 0.270 e. The zero-order valence-corrected chi connectivity index (χ0v) is 11.0. The molecule has 2 heterocycles. The number of nitrogens with zero attached hydrogens (tertiary/aromatic N) is 2. The minimum atomic E-state index is 0.111. The minimum absolute atomic E-state index is 0.111. The van der Waals surface area contributed by atoms with Crippen molar-refractivity contribution in [2.24, 2.45) is 0 Å². The van der Waals surface area contributed by atoms with Gasteiger partial charge in [-0.1, -0.05) is 0 Å². The second-order valence-corrected chi connectivity index (χ2v) is 4.84. The molecule has 0 aliphatic carbocycles. The van der Waals surface area contributed by atoms with Crippen molar-refractivity contribution in [3.8, 4) is 0 Å². The zero-order chi connectivity index (χ0) is 13.0. The lowest BCUT2D eigenvalue weighted by molar-refractivity contribution is 0.0564. The van der Waals surface area contributed by atoms with Crippen molar-refractivity contribution in [2.45, 2.75) is 45.2 Å². The second kappa shape index (κ2) is 6.05. The molecule has 1 atom stereocenters. The summed E-state index contributed by atoms with van der Waals surface area (Å²) >= 11 is 0. The van der Waals surface area contributed by atoms with Crippen molar-refractivity contribution in [1.82, 2.24) is 9.47 Å². The molecule has 0 radical (unpaired) electrons. The molecule has 1 aliphatic heterocycles. The maximum absolute atomic E-state index is 12.5. The van der Waals surface area contributed by atoms with Gasteiger partial charge in [-0.15, -0.1) is 0 Å². The molecule has 18 heavy (non-hydrogen) atoms. The van der Waals surface area contributed by atoms with Gasteiger partial charge in [-0.3, -0.25) is 4.79 Å². The van der Waals surface area contributed by atoms with E-state index in [1.807, 2.05) is 34.7 Å². The molecular weight excluding hydrogens is 228 g/mol. The van der Waals surface area contributed by atoms with E-state index in [4.69, 9.17) is 5.11 Å². The highest BCUT2D eigenvalue weighted by Crippen LogP contribution is 2.22. The molecule has 4 nitrogen and oxygen atoms in total. The SMILES string of the molecule is CCn1cccc1C(=O)N1CCCCC1CCO. The number of hydrogen-bond donors (Lipinski definition) is 1. The van der Waals surface area contributed by atoms with E-state index in [1.165, 1.54) is 0 Å². The van der Waals surface area contributed by atoms with Crippen molar-refractivity contribution in [2.75, 3.05) is 13.2 Å². The van der Waals surface area contributed by atoms with Crippen LogP contribution in [0.3, 0.4) is 0 Å². The van der Waals surface area contributed by atoms with E-state index in [9.17, 15) is 4.79 Å². The summed E-state index contributed by atoms with van der Waals surface area (Å²) in [5.41, 5.74) is 0.766. The van der Waals surface area contributed by atoms with E-state index in [-0.39, 0.29) is 18.6 Å². The maximum atomic E-state index is 12.5. The van der Waals surface area contributed by atoms with Gasteiger partial charge in [0.2, 0.25) is 0 Å². The molecule has 2 rings (SSSR count). The highest BCUT2D eigenvalue weighted by Gasteiger charge is 2.28. The number of hydrogen-bond acceptors (Lipinski definition) is 2. The molecule has 1 amide bonds. The van der Waals surface area contributed by atoms with Crippen LogP contribution in [0.5, 0.6) is 0 Å². The summed E-state index contributed by atoms with van der Waals surface area (Å²) in [6, 6.07) is 4.01. The average Bonchev–Trinajstić information content (AvgIpc) is 2.87. The third kappa shape index (κ3) is 2.58. The van der Waals surface area contributed by atoms with Gasteiger partial charge in [0.15, 0.2) is 0 Å². The second-order valence-electron chi connectivity index (χ2n) is 4.84. The topological polar surface area (TPSA) is 45.5 Å². The summed E-state index contributed by atoms with van der Waals surface area (Å²) in [5, 5.41) is 9.11. The third-order valence-corrected chi connectivity index (χ3v) is 3.74. The molecule has 0 saturated carbocycles. The standard InChI is InChI=1S/C14H22N2O2/c1-2-15-9-5-7-13(15)14(18)16-10-4-3-6-12(16)8-11-17/h5,7,9,12,17H,2-4,6,8,10-11H2,1H3. The number of carbonyl (C=O) groups is 1. The number of rotatable bonds is 4. The lowest BCUT2D eigenvalue weighted by Gasteiger charge is -2.35. The first-order chi connectivity index (χ1) is 8.77. The summed E-state index contributed by atoms with van der Waals surface area (Å²) < 4.78 is 1.98. The van der Waals surface area contributed by atoms with E-state index < -0.39 is 0 Å². The molecule has 1 aromatic rings. The smallest absolute Gasteiger partial charge is 0.270 e. The first-order valence-corrected chi connectivity index (χ1v) is 6.85. The van der Waals surface area contributed by atoms with Gasteiger partial charge in [0, 0.05) is 31.9 Å². The Morgan fingerprint density at radius 1 is 1.50 bits per heavy atom. The number of aromatic nitrogens is 1. The fraction of sp³-hybridized carbons (Fsp3) is 0.643. The van der Waals surface area contributed by atoms with Crippen molar-refractivity contribution >= 4 is 5.91 Å². The highest BCUT2D eigenvalue weighted by atomic mass is 16.3. The van der Waals surface area contributed by atoms with Gasteiger partial charge in [-0.25, -0.2) is 0 Å². The van der Waals surface area contributed by atoms with Crippen molar-refractivity contribution in [1.29, 1.82) is 0 Å². The van der Waals surface area contributed by atoms with Gasteiger partial charge in [0.1, 0.15) is 5.69 Å². The van der Waals surface area contributed by atoms with E-state index in [1.54, 1.807) is 0 Å². The fourth-order valence-corrected chi connectivity index (χ4v) is 2.75. The number of aliphatic hydroxyl groups excluding tert-OH is 1. The Hall–Kier alpha value is -1.29. The van der Waals surface area contributed by atoms with Crippen LogP contribution in [-0.2, 0) is 6.54 Å². The Balaban J connectivity index is 2.15. The number of amides is 1. The van der Waals surface area contributed by atoms with Crippen molar-refractivity contribution in [3.05, 3.63) is 24.0 Å². The first kappa shape index (κ1) is 13.1. The van der Waals surface area contributed by atoms with Crippen LogP contribution in [0.15, 0.2) is 18.3 Å². The van der Waals surface area contributed by atoms with Crippen LogP contribution in [-0.4, -0.2) is 39.7 Å². The summed E-state index contributed by atoms with van der Waals surface area (Å²) in [6.07, 6.45) is 5.87. The number of aryl methyl sites for hydroxylation is 1. The Morgan fingerprint density at radius 3 is 3.06 bits per heavy atom. The largest absolute Gasteiger partial charge is 0.396 e. The molecule has 1 aromatic heterocycles. The van der Waals surface area contributed by atoms with Gasteiger partial charge in [0.25, 0.3) is 5.91 Å². The molecule has 100 valence electrons. The average molecular weight is 250 g/mol. The predicted octanol–water partition coefficient (Wildman–Crippen LogP) is 1.89. The Bertz CT molecular complexity index is 398. The first-order valence-electron chi connectivity index (χ1n) is 6.85. The number of piperidine rings is 1. The van der Waals surface area contributed by atoms with E-state index in [0.717, 1.165) is 38.0 Å². The van der Waals surface area contributed by atoms with Crippen LogP contribution in [0.4, 0.5) is 0 Å². The summed E-state index contributed by atoms with van der Waals surface area (Å²) in [5.74, 6) is 0.111. The summed E-state index contributed by atoms with van der Waals surface area (Å²) in [4.78, 5) is 14.5. The van der Waals surface area contributed by atoms with Crippen LogP contribution in [0.2, 0.25) is 0 Å². The number of likely N-dealkylation sites (tertiary alicyclic amines) is 1. The Kier molecular flexibility index (Phi) is 4.42. The van der Waals surface area contributed by atoms with Gasteiger partial charge in [0.05, 0.1) is 0 Å². The molecule has 1 N–H and O–H groups in total. The molecule has 1 saturated heterocycles. The van der Waals surface area contributed by atoms with Gasteiger partial charge < -0.3 is 14.6 Å². The van der Waals surface area contributed by atoms with Crippen LogP contribution in [0.25, 0.3) is 0 Å². The van der Waals surface area contributed by atoms with Crippen molar-refractivity contribution in [3.63, 3.8) is 0 Å². The van der Waals surface area contributed by atoms with Crippen LogP contribution >= 0.6 is 0 Å². The summed E-state index contributed by atoms with van der Waals surface area (Å²) in [7, 11) is 0. The van der Waals surface area contributed by atoms with E-state index in [2.05, 4.69) is 0 Å². The van der Waals surface area contributed by atoms with Gasteiger partial charge in [-0.2, -0.15) is 0 Å². The number of aliphatic hydroxyl groups is 1. The lowest BCUT2D eigenvalue weighted by Crippen LogP contribution is -2.44. The van der Waals surface area contributed by atoms with Crippen molar-refractivity contribution < 1.29 is 9.90 Å². The Morgan fingerprint density at radius 2 is 2.33 bits per heavy atom. The minimum Gasteiger partial charge on any atom is -0.396 e. The molecule has 0 spiro atoms. The van der Waals surface area contributed by atoms with Gasteiger partial charge >= 0.3 is 0 Å². The fourth-order valence-electron chi connectivity index (χ4n) is 2.75. The highest BCUT2D eigenvalue weighted by molar-refractivity contribution is 5.93. The molecule has 0 aromatic carbocycles. The normalized spacial score (nSPS) is 20.1. The molecule has 4 heteroatoms. The Labute approximate surface area is 108 Å². The molecule has 0 bridgehead atoms. The van der Waals surface area contributed by atoms with E-state index >= 15 is 0 Å². The monoisotopic (exact) mass is 250 g/mol. The zero-order valence-electron chi connectivity index (χ0n) is 11.0. The molecule has 1 fully saturated rings. The molecule has 1 aliphatic rings. The van der Waals surface area contributed by atoms with Crippen LogP contribution < -0.4 is 0 Å². The quantitative estimate of drug-likeness (QED) is 0.887. The summed E-state index contributed by atoms with van der Waals surface area (Å²) in [6.45, 7) is 3.83. The van der Waals surface area contributed by atoms with Gasteiger partial charge in [-0.05, 0) is 44.7 Å². The molecule has 1 unspecified atom stereocenters. The van der Waals surface area contributed by atoms with Crippen LogP contribution in [0.1, 0.15) is 43.1 Å². The predicted molar refractivity (Wildman–Crippen MR) is 70.5 cm³/mol. The lowest BCUT2D eigenvalue weighted by atomic mass is 9.99. The van der Waals surface area contributed by atoms with Crippen LogP contribution in [0, 0.1) is 0 Å². The molecular formula is C14H22N2O2.